The van der Waals surface area contributed by atoms with Crippen molar-refractivity contribution in [3.8, 4) is 0 Å². The van der Waals surface area contributed by atoms with Crippen molar-refractivity contribution < 1.29 is 13.2 Å². The third kappa shape index (κ3) is 2.74. The van der Waals surface area contributed by atoms with Crippen LogP contribution in [0.15, 0.2) is 41.4 Å². The van der Waals surface area contributed by atoms with E-state index in [9.17, 15) is 13.2 Å². The van der Waals surface area contributed by atoms with E-state index in [2.05, 4.69) is 10.4 Å². The van der Waals surface area contributed by atoms with Crippen LogP contribution in [-0.2, 0) is 14.8 Å². The zero-order valence-corrected chi connectivity index (χ0v) is 10.9. The maximum atomic E-state index is 12.1. The van der Waals surface area contributed by atoms with Gasteiger partial charge in [-0.05, 0) is 24.3 Å². The second-order valence-corrected chi connectivity index (χ2v) is 5.62. The van der Waals surface area contributed by atoms with E-state index in [1.807, 2.05) is 0 Å². The van der Waals surface area contributed by atoms with Crippen LogP contribution in [-0.4, -0.2) is 23.5 Å². The maximum absolute atomic E-state index is 12.1. The van der Waals surface area contributed by atoms with E-state index < -0.39 is 10.0 Å². The number of rotatable bonds is 3. The summed E-state index contributed by atoms with van der Waals surface area (Å²) in [5.41, 5.74) is 5.91. The van der Waals surface area contributed by atoms with Gasteiger partial charge in [0.1, 0.15) is 5.82 Å². The van der Waals surface area contributed by atoms with Crippen molar-refractivity contribution in [2.24, 2.45) is 0 Å². The van der Waals surface area contributed by atoms with Crippen molar-refractivity contribution in [3.05, 3.63) is 36.5 Å². The van der Waals surface area contributed by atoms with Crippen LogP contribution in [0.5, 0.6) is 0 Å². The first kappa shape index (κ1) is 13.1. The van der Waals surface area contributed by atoms with Gasteiger partial charge in [-0.2, -0.15) is 12.5 Å². The Morgan fingerprint density at radius 3 is 2.37 bits per heavy atom. The molecule has 0 aliphatic carbocycles. The van der Waals surface area contributed by atoms with Crippen LogP contribution in [0.3, 0.4) is 0 Å². The second kappa shape index (κ2) is 4.73. The second-order valence-electron chi connectivity index (χ2n) is 3.82. The number of anilines is 2. The summed E-state index contributed by atoms with van der Waals surface area (Å²) >= 11 is 0. The van der Waals surface area contributed by atoms with Crippen LogP contribution in [0.25, 0.3) is 0 Å². The summed E-state index contributed by atoms with van der Waals surface area (Å²) in [6, 6.07) is 7.17. The molecule has 0 aliphatic rings. The maximum Gasteiger partial charge on any atom is 0.283 e. The molecule has 19 heavy (non-hydrogen) atoms. The van der Waals surface area contributed by atoms with Crippen LogP contribution in [0, 0.1) is 0 Å². The van der Waals surface area contributed by atoms with E-state index in [0.717, 1.165) is 4.09 Å². The molecule has 1 aromatic carbocycles. The number of hydrogen-bond acceptors (Lipinski definition) is 5. The fourth-order valence-electron chi connectivity index (χ4n) is 1.48. The quantitative estimate of drug-likeness (QED) is 0.858. The summed E-state index contributed by atoms with van der Waals surface area (Å²) < 4.78 is 25.1. The smallest absolute Gasteiger partial charge is 0.283 e. The van der Waals surface area contributed by atoms with Crippen molar-refractivity contribution in [1.29, 1.82) is 0 Å². The van der Waals surface area contributed by atoms with Crippen LogP contribution >= 0.6 is 0 Å². The Morgan fingerprint density at radius 2 is 1.89 bits per heavy atom. The van der Waals surface area contributed by atoms with Gasteiger partial charge in [0.2, 0.25) is 5.91 Å². The van der Waals surface area contributed by atoms with Gasteiger partial charge in [-0.1, -0.05) is 0 Å². The zero-order chi connectivity index (χ0) is 14.0. The number of aromatic nitrogens is 2. The van der Waals surface area contributed by atoms with E-state index in [1.54, 1.807) is 0 Å². The summed E-state index contributed by atoms with van der Waals surface area (Å²) in [6.45, 7) is 1.37. The molecule has 0 fully saturated rings. The van der Waals surface area contributed by atoms with Crippen LogP contribution in [0.2, 0.25) is 0 Å². The van der Waals surface area contributed by atoms with Gasteiger partial charge >= 0.3 is 0 Å². The lowest BCUT2D eigenvalue weighted by Gasteiger charge is -2.06. The minimum absolute atomic E-state index is 0.0599. The van der Waals surface area contributed by atoms with Gasteiger partial charge in [0, 0.05) is 24.9 Å². The molecule has 2 rings (SSSR count). The first-order valence-electron chi connectivity index (χ1n) is 5.34. The summed E-state index contributed by atoms with van der Waals surface area (Å²) in [5.74, 6) is -0.103. The molecule has 1 amide bonds. The fourth-order valence-corrected chi connectivity index (χ4v) is 2.59. The molecule has 0 atom stereocenters. The largest absolute Gasteiger partial charge is 0.382 e. The number of nitrogens with one attached hydrogen (secondary N) is 1. The molecule has 0 aliphatic heterocycles. The SMILES string of the molecule is CC(=O)Nc1ccc(S(=O)(=O)n2ccc(N)n2)cc1. The van der Waals surface area contributed by atoms with Gasteiger partial charge in [-0.25, -0.2) is 0 Å². The van der Waals surface area contributed by atoms with E-state index >= 15 is 0 Å². The van der Waals surface area contributed by atoms with E-state index in [4.69, 9.17) is 5.73 Å². The average molecular weight is 280 g/mol. The summed E-state index contributed by atoms with van der Waals surface area (Å²) in [4.78, 5) is 10.9. The number of nitrogen functional groups attached to an aromatic ring is 1. The van der Waals surface area contributed by atoms with Crippen LogP contribution in [0.1, 0.15) is 6.92 Å². The highest BCUT2D eigenvalue weighted by atomic mass is 32.2. The number of nitrogens with two attached hydrogens (primary N) is 1. The molecule has 0 bridgehead atoms. The molecule has 1 aromatic heterocycles. The lowest BCUT2D eigenvalue weighted by Crippen LogP contribution is -2.14. The highest BCUT2D eigenvalue weighted by molar-refractivity contribution is 7.89. The number of carbonyl (C=O) groups is 1. The molecule has 0 unspecified atom stereocenters. The average Bonchev–Trinajstić information content (AvgIpc) is 2.76. The first-order chi connectivity index (χ1) is 8.89. The van der Waals surface area contributed by atoms with Gasteiger partial charge in [0.05, 0.1) is 4.90 Å². The Kier molecular flexibility index (Phi) is 3.26. The molecule has 8 heteroatoms. The molecule has 0 radical (unpaired) electrons. The third-order valence-electron chi connectivity index (χ3n) is 2.31. The van der Waals surface area contributed by atoms with Gasteiger partial charge < -0.3 is 11.1 Å². The van der Waals surface area contributed by atoms with Crippen molar-refractivity contribution in [3.63, 3.8) is 0 Å². The Morgan fingerprint density at radius 1 is 1.26 bits per heavy atom. The number of nitrogens with zero attached hydrogens (tertiary/aromatic N) is 2. The van der Waals surface area contributed by atoms with E-state index in [-0.39, 0.29) is 16.6 Å². The molecule has 1 heterocycles. The van der Waals surface area contributed by atoms with Crippen molar-refractivity contribution in [2.45, 2.75) is 11.8 Å². The van der Waals surface area contributed by atoms with E-state index in [0.29, 0.717) is 5.69 Å². The van der Waals surface area contributed by atoms with Crippen molar-refractivity contribution in [2.75, 3.05) is 11.1 Å². The highest BCUT2D eigenvalue weighted by Crippen LogP contribution is 2.17. The molecular weight excluding hydrogens is 268 g/mol. The summed E-state index contributed by atoms with van der Waals surface area (Å²) in [7, 11) is -3.75. The Bertz CT molecular complexity index is 704. The van der Waals surface area contributed by atoms with Crippen molar-refractivity contribution >= 4 is 27.4 Å². The Labute approximate surface area is 110 Å². The lowest BCUT2D eigenvalue weighted by molar-refractivity contribution is -0.114. The van der Waals surface area contributed by atoms with Crippen LogP contribution in [0.4, 0.5) is 11.5 Å². The molecule has 3 N–H and O–H groups in total. The minimum Gasteiger partial charge on any atom is -0.382 e. The minimum atomic E-state index is -3.75. The monoisotopic (exact) mass is 280 g/mol. The number of amides is 1. The first-order valence-corrected chi connectivity index (χ1v) is 6.78. The predicted octanol–water partition coefficient (Wildman–Crippen LogP) is 0.661. The molecule has 2 aromatic rings. The van der Waals surface area contributed by atoms with E-state index in [1.165, 1.54) is 43.5 Å². The molecule has 0 saturated heterocycles. The Balaban J connectivity index is 2.34. The van der Waals surface area contributed by atoms with Gasteiger partial charge in [-0.15, -0.1) is 5.10 Å². The number of hydrogen-bond donors (Lipinski definition) is 2. The zero-order valence-electron chi connectivity index (χ0n) is 10.1. The topological polar surface area (TPSA) is 107 Å². The van der Waals surface area contributed by atoms with Gasteiger partial charge in [0.25, 0.3) is 10.0 Å². The number of benzene rings is 1. The highest BCUT2D eigenvalue weighted by Gasteiger charge is 2.17. The normalized spacial score (nSPS) is 11.2. The number of carbonyl (C=O) groups excluding carboxylic acids is 1. The molecule has 0 spiro atoms. The predicted molar refractivity (Wildman–Crippen MR) is 70.0 cm³/mol. The summed E-state index contributed by atoms with van der Waals surface area (Å²) in [5, 5.41) is 6.22. The summed E-state index contributed by atoms with van der Waals surface area (Å²) in [6.07, 6.45) is 1.27. The van der Waals surface area contributed by atoms with Crippen molar-refractivity contribution in [1.82, 2.24) is 9.19 Å². The van der Waals surface area contributed by atoms with Crippen LogP contribution < -0.4 is 11.1 Å². The fraction of sp³-hybridized carbons (Fsp3) is 0.0909. The standard InChI is InChI=1S/C11H12N4O3S/c1-8(16)13-9-2-4-10(5-3-9)19(17,18)15-7-6-11(12)14-15/h2-7H,1H3,(H2,12,14)(H,13,16). The lowest BCUT2D eigenvalue weighted by atomic mass is 10.3. The Hall–Kier alpha value is -2.35. The van der Waals surface area contributed by atoms with Gasteiger partial charge in [-0.3, -0.25) is 4.79 Å². The van der Waals surface area contributed by atoms with Gasteiger partial charge in [0.15, 0.2) is 0 Å². The molecule has 7 nitrogen and oxygen atoms in total. The molecule has 100 valence electrons. The molecular formula is C11H12N4O3S. The third-order valence-corrected chi connectivity index (χ3v) is 3.87. The molecule has 0 saturated carbocycles.